The molecule has 2 amide bonds. The minimum absolute atomic E-state index is 0.00319. The number of hydrogen-bond donors (Lipinski definition) is 1. The molecule has 2 aliphatic rings. The van der Waals surface area contributed by atoms with E-state index in [1.807, 2.05) is 65.6 Å². The van der Waals surface area contributed by atoms with E-state index in [9.17, 15) is 9.59 Å². The molecule has 25 heavy (non-hydrogen) atoms. The number of nitrogens with zero attached hydrogens (tertiary/aromatic N) is 1. The largest absolute Gasteiger partial charge is 0.338 e. The molecule has 1 saturated heterocycles. The zero-order valence-corrected chi connectivity index (χ0v) is 14.2. The molecule has 1 saturated carbocycles. The predicted octanol–water partition coefficient (Wildman–Crippen LogP) is 3.20. The summed E-state index contributed by atoms with van der Waals surface area (Å²) in [6.45, 7) is 0.483. The summed E-state index contributed by atoms with van der Waals surface area (Å²) in [5.74, 6) is -0.00839. The van der Waals surface area contributed by atoms with Gasteiger partial charge in [-0.1, -0.05) is 73.5 Å². The number of piperazine rings is 1. The second-order valence-electron chi connectivity index (χ2n) is 6.97. The molecule has 4 rings (SSSR count). The van der Waals surface area contributed by atoms with Gasteiger partial charge in [-0.15, -0.1) is 0 Å². The van der Waals surface area contributed by atoms with Crippen LogP contribution in [0.2, 0.25) is 0 Å². The Morgan fingerprint density at radius 2 is 1.52 bits per heavy atom. The van der Waals surface area contributed by atoms with E-state index in [1.165, 1.54) is 0 Å². The zero-order valence-electron chi connectivity index (χ0n) is 14.2. The van der Waals surface area contributed by atoms with Crippen LogP contribution in [0.5, 0.6) is 0 Å². The molecular weight excluding hydrogens is 312 g/mol. The average Bonchev–Trinajstić information content (AvgIpc) is 3.14. The second kappa shape index (κ2) is 6.36. The number of amides is 2. The molecule has 1 unspecified atom stereocenters. The standard InChI is InChI=1S/C21H22N2O2/c24-19-18(17-11-5-2-6-12-17)22-20(25)21(13-7-8-14-21)23(19)15-16-9-3-1-4-10-16/h1-6,9-12,18H,7-8,13-15H2,(H,22,25). The summed E-state index contributed by atoms with van der Waals surface area (Å²) in [5, 5.41) is 3.00. The minimum atomic E-state index is -0.682. The summed E-state index contributed by atoms with van der Waals surface area (Å²) in [5.41, 5.74) is 1.22. The second-order valence-corrected chi connectivity index (χ2v) is 6.97. The van der Waals surface area contributed by atoms with E-state index >= 15 is 0 Å². The van der Waals surface area contributed by atoms with Crippen molar-refractivity contribution in [2.75, 3.05) is 0 Å². The lowest BCUT2D eigenvalue weighted by atomic mass is 9.87. The van der Waals surface area contributed by atoms with Crippen LogP contribution in [0.4, 0.5) is 0 Å². The Hall–Kier alpha value is -2.62. The van der Waals surface area contributed by atoms with Crippen LogP contribution in [-0.2, 0) is 16.1 Å². The van der Waals surface area contributed by atoms with E-state index in [0.717, 1.165) is 36.8 Å². The number of benzene rings is 2. The SMILES string of the molecule is O=C1C(c2ccccc2)NC(=O)C2(CCCC2)N1Cc1ccccc1. The fraction of sp³-hybridized carbons (Fsp3) is 0.333. The Kier molecular flexibility index (Phi) is 4.04. The molecule has 4 heteroatoms. The van der Waals surface area contributed by atoms with Crippen molar-refractivity contribution in [3.05, 3.63) is 71.8 Å². The molecule has 1 N–H and O–H groups in total. The molecule has 2 aromatic rings. The van der Waals surface area contributed by atoms with Gasteiger partial charge < -0.3 is 10.2 Å². The highest BCUT2D eigenvalue weighted by molar-refractivity contribution is 6.00. The third kappa shape index (κ3) is 2.72. The van der Waals surface area contributed by atoms with Gasteiger partial charge in [0.15, 0.2) is 0 Å². The zero-order chi connectivity index (χ0) is 17.3. The number of nitrogens with one attached hydrogen (secondary N) is 1. The van der Waals surface area contributed by atoms with Crippen LogP contribution in [0.15, 0.2) is 60.7 Å². The molecule has 1 aliphatic heterocycles. The highest BCUT2D eigenvalue weighted by Crippen LogP contribution is 2.41. The molecule has 2 fully saturated rings. The maximum atomic E-state index is 13.3. The smallest absolute Gasteiger partial charge is 0.251 e. The van der Waals surface area contributed by atoms with Crippen LogP contribution >= 0.6 is 0 Å². The highest BCUT2D eigenvalue weighted by atomic mass is 16.2. The number of carbonyl (C=O) groups excluding carboxylic acids is 2. The van der Waals surface area contributed by atoms with Crippen molar-refractivity contribution in [3.8, 4) is 0 Å². The van der Waals surface area contributed by atoms with Gasteiger partial charge in [-0.2, -0.15) is 0 Å². The van der Waals surface area contributed by atoms with Gasteiger partial charge in [0.2, 0.25) is 5.91 Å². The van der Waals surface area contributed by atoms with E-state index in [1.54, 1.807) is 0 Å². The summed E-state index contributed by atoms with van der Waals surface area (Å²) in [6, 6.07) is 18.9. The first kappa shape index (κ1) is 15.9. The maximum Gasteiger partial charge on any atom is 0.251 e. The van der Waals surface area contributed by atoms with Gasteiger partial charge >= 0.3 is 0 Å². The van der Waals surface area contributed by atoms with E-state index < -0.39 is 11.6 Å². The van der Waals surface area contributed by atoms with Crippen LogP contribution < -0.4 is 5.32 Å². The molecule has 128 valence electrons. The van der Waals surface area contributed by atoms with Crippen LogP contribution in [-0.4, -0.2) is 22.3 Å². The number of rotatable bonds is 3. The fourth-order valence-corrected chi connectivity index (χ4v) is 4.14. The van der Waals surface area contributed by atoms with Gasteiger partial charge in [0, 0.05) is 6.54 Å². The number of hydrogen-bond acceptors (Lipinski definition) is 2. The van der Waals surface area contributed by atoms with E-state index in [2.05, 4.69) is 5.32 Å². The van der Waals surface area contributed by atoms with Gasteiger partial charge in [0.25, 0.3) is 5.91 Å². The monoisotopic (exact) mass is 334 g/mol. The lowest BCUT2D eigenvalue weighted by molar-refractivity contribution is -0.158. The Morgan fingerprint density at radius 1 is 0.920 bits per heavy atom. The highest BCUT2D eigenvalue weighted by Gasteiger charge is 2.53. The molecule has 1 aliphatic carbocycles. The third-order valence-corrected chi connectivity index (χ3v) is 5.47. The van der Waals surface area contributed by atoms with Crippen molar-refractivity contribution in [2.45, 2.75) is 43.8 Å². The molecule has 1 heterocycles. The molecule has 0 aromatic heterocycles. The van der Waals surface area contributed by atoms with Crippen molar-refractivity contribution < 1.29 is 9.59 Å². The molecule has 0 bridgehead atoms. The normalized spacial score (nSPS) is 22.2. The lowest BCUT2D eigenvalue weighted by Gasteiger charge is -2.46. The first-order chi connectivity index (χ1) is 12.2. The van der Waals surface area contributed by atoms with Gasteiger partial charge in [-0.25, -0.2) is 0 Å². The molecule has 0 radical (unpaired) electrons. The van der Waals surface area contributed by atoms with Gasteiger partial charge in [0.05, 0.1) is 0 Å². The number of carbonyl (C=O) groups is 2. The van der Waals surface area contributed by atoms with Gasteiger partial charge in [0.1, 0.15) is 11.6 Å². The lowest BCUT2D eigenvalue weighted by Crippen LogP contribution is -2.66. The summed E-state index contributed by atoms with van der Waals surface area (Å²) < 4.78 is 0. The molecule has 1 atom stereocenters. The van der Waals surface area contributed by atoms with Crippen LogP contribution in [0.25, 0.3) is 0 Å². The summed E-state index contributed by atoms with van der Waals surface area (Å²) in [7, 11) is 0. The summed E-state index contributed by atoms with van der Waals surface area (Å²) >= 11 is 0. The van der Waals surface area contributed by atoms with E-state index in [4.69, 9.17) is 0 Å². The van der Waals surface area contributed by atoms with Gasteiger partial charge in [-0.05, 0) is 24.0 Å². The van der Waals surface area contributed by atoms with Crippen LogP contribution in [0, 0.1) is 0 Å². The minimum Gasteiger partial charge on any atom is -0.338 e. The Morgan fingerprint density at radius 3 is 2.16 bits per heavy atom. The quantitative estimate of drug-likeness (QED) is 0.937. The molecule has 2 aromatic carbocycles. The first-order valence-corrected chi connectivity index (χ1v) is 8.92. The topological polar surface area (TPSA) is 49.4 Å². The Balaban J connectivity index is 1.71. The Labute approximate surface area is 147 Å². The van der Waals surface area contributed by atoms with E-state index in [0.29, 0.717) is 6.54 Å². The van der Waals surface area contributed by atoms with Crippen molar-refractivity contribution in [1.29, 1.82) is 0 Å². The average molecular weight is 334 g/mol. The summed E-state index contributed by atoms with van der Waals surface area (Å²) in [4.78, 5) is 28.2. The van der Waals surface area contributed by atoms with Crippen molar-refractivity contribution in [3.63, 3.8) is 0 Å². The summed E-state index contributed by atoms with van der Waals surface area (Å²) in [6.07, 6.45) is 3.47. The van der Waals surface area contributed by atoms with Crippen LogP contribution in [0.3, 0.4) is 0 Å². The van der Waals surface area contributed by atoms with Crippen molar-refractivity contribution >= 4 is 11.8 Å². The maximum absolute atomic E-state index is 13.3. The first-order valence-electron chi connectivity index (χ1n) is 8.92. The predicted molar refractivity (Wildman–Crippen MR) is 95.5 cm³/mol. The fourth-order valence-electron chi connectivity index (χ4n) is 4.14. The van der Waals surface area contributed by atoms with Crippen molar-refractivity contribution in [1.82, 2.24) is 10.2 Å². The van der Waals surface area contributed by atoms with Crippen molar-refractivity contribution in [2.24, 2.45) is 0 Å². The van der Waals surface area contributed by atoms with Crippen LogP contribution in [0.1, 0.15) is 42.9 Å². The molecule has 1 spiro atoms. The molecule has 4 nitrogen and oxygen atoms in total. The van der Waals surface area contributed by atoms with Gasteiger partial charge in [-0.3, -0.25) is 9.59 Å². The molecular formula is C21H22N2O2. The Bertz CT molecular complexity index is 767. The third-order valence-electron chi connectivity index (χ3n) is 5.47. The van der Waals surface area contributed by atoms with E-state index in [-0.39, 0.29) is 11.8 Å².